The highest BCUT2D eigenvalue weighted by atomic mass is 16.3. The van der Waals surface area contributed by atoms with E-state index in [-0.39, 0.29) is 5.75 Å². The Morgan fingerprint density at radius 2 is 2.25 bits per heavy atom. The summed E-state index contributed by atoms with van der Waals surface area (Å²) in [6.07, 6.45) is 2.17. The molecule has 1 aromatic carbocycles. The summed E-state index contributed by atoms with van der Waals surface area (Å²) in [5.41, 5.74) is 1.94. The largest absolute Gasteiger partial charge is 0.508 e. The van der Waals surface area contributed by atoms with E-state index >= 15 is 0 Å². The molecule has 0 bridgehead atoms. The molecule has 4 heteroatoms. The first-order valence-electron chi connectivity index (χ1n) is 4.69. The summed E-state index contributed by atoms with van der Waals surface area (Å²) < 4.78 is 0. The molecule has 0 fully saturated rings. The van der Waals surface area contributed by atoms with Gasteiger partial charge in [-0.25, -0.2) is 0 Å². The zero-order chi connectivity index (χ0) is 11.5. The maximum Gasteiger partial charge on any atom is 0.211 e. The van der Waals surface area contributed by atoms with Crippen LogP contribution in [0.4, 0.5) is 0 Å². The summed E-state index contributed by atoms with van der Waals surface area (Å²) in [4.78, 5) is 14.4. The van der Waals surface area contributed by atoms with Crippen molar-refractivity contribution in [1.29, 1.82) is 0 Å². The summed E-state index contributed by atoms with van der Waals surface area (Å²) in [7, 11) is 0. The maximum atomic E-state index is 10.3. The van der Waals surface area contributed by atoms with Crippen LogP contribution in [0.15, 0.2) is 37.0 Å². The number of benzene rings is 1. The minimum atomic E-state index is 0.178. The summed E-state index contributed by atoms with van der Waals surface area (Å²) in [5.74, 6) is 0.178. The van der Waals surface area contributed by atoms with Crippen molar-refractivity contribution in [3.05, 3.63) is 42.6 Å². The van der Waals surface area contributed by atoms with Crippen molar-refractivity contribution >= 4 is 23.0 Å². The predicted molar refractivity (Wildman–Crippen MR) is 61.6 cm³/mol. The van der Waals surface area contributed by atoms with Gasteiger partial charge >= 0.3 is 0 Å². The van der Waals surface area contributed by atoms with Crippen molar-refractivity contribution in [3.63, 3.8) is 0 Å². The van der Waals surface area contributed by atoms with Gasteiger partial charge < -0.3 is 10.4 Å². The number of fused-ring (bicyclic) bond motifs is 1. The average Bonchev–Trinajstić information content (AvgIpc) is 2.28. The average molecular weight is 214 g/mol. The Morgan fingerprint density at radius 1 is 1.44 bits per heavy atom. The molecule has 0 unspecified atom stereocenters. The second-order valence-electron chi connectivity index (χ2n) is 3.34. The minimum absolute atomic E-state index is 0.178. The molecular weight excluding hydrogens is 204 g/mol. The first kappa shape index (κ1) is 10.2. The normalized spacial score (nSPS) is 10.0. The lowest BCUT2D eigenvalue weighted by molar-refractivity contribution is -0.108. The highest BCUT2D eigenvalue weighted by Crippen LogP contribution is 2.20. The van der Waals surface area contributed by atoms with E-state index in [1.165, 1.54) is 0 Å². The molecule has 0 aliphatic carbocycles. The Labute approximate surface area is 92.2 Å². The quantitative estimate of drug-likeness (QED) is 0.764. The van der Waals surface area contributed by atoms with Crippen LogP contribution in [0.5, 0.6) is 5.75 Å². The molecule has 0 spiro atoms. The van der Waals surface area contributed by atoms with Crippen molar-refractivity contribution in [2.45, 2.75) is 0 Å². The summed E-state index contributed by atoms with van der Waals surface area (Å²) >= 11 is 0. The molecule has 1 heterocycles. The van der Waals surface area contributed by atoms with Crippen molar-refractivity contribution in [2.75, 3.05) is 0 Å². The topological polar surface area (TPSA) is 62.2 Å². The SMILES string of the molecule is C=C(NC=O)c1cnc2cc(O)ccc2c1. The molecule has 0 radical (unpaired) electrons. The molecule has 0 saturated carbocycles. The molecule has 0 saturated heterocycles. The Balaban J connectivity index is 2.48. The number of aromatic hydroxyl groups is 1. The lowest BCUT2D eigenvalue weighted by atomic mass is 10.1. The highest BCUT2D eigenvalue weighted by Gasteiger charge is 2.01. The monoisotopic (exact) mass is 214 g/mol. The van der Waals surface area contributed by atoms with Crippen molar-refractivity contribution in [2.24, 2.45) is 0 Å². The molecule has 0 aliphatic rings. The van der Waals surface area contributed by atoms with E-state index in [0.29, 0.717) is 17.6 Å². The molecule has 16 heavy (non-hydrogen) atoms. The van der Waals surface area contributed by atoms with Gasteiger partial charge in [-0.2, -0.15) is 0 Å². The Hall–Kier alpha value is -2.36. The van der Waals surface area contributed by atoms with Gasteiger partial charge in [-0.05, 0) is 18.2 Å². The molecule has 2 rings (SSSR count). The lowest BCUT2D eigenvalue weighted by Gasteiger charge is -2.05. The predicted octanol–water partition coefficient (Wildman–Crippen LogP) is 1.66. The molecule has 1 amide bonds. The molecule has 80 valence electrons. The molecule has 1 aromatic heterocycles. The zero-order valence-electron chi connectivity index (χ0n) is 8.47. The second-order valence-corrected chi connectivity index (χ2v) is 3.34. The Kier molecular flexibility index (Phi) is 2.55. The number of phenolic OH excluding ortho intramolecular Hbond substituents is 1. The fourth-order valence-electron chi connectivity index (χ4n) is 1.43. The summed E-state index contributed by atoms with van der Waals surface area (Å²) in [6, 6.07) is 6.77. The Morgan fingerprint density at radius 3 is 3.00 bits per heavy atom. The molecule has 0 aliphatic heterocycles. The van der Waals surface area contributed by atoms with Gasteiger partial charge in [0.1, 0.15) is 5.75 Å². The third kappa shape index (κ3) is 1.86. The van der Waals surface area contributed by atoms with Crippen LogP contribution in [0.2, 0.25) is 0 Å². The first-order chi connectivity index (χ1) is 7.70. The van der Waals surface area contributed by atoms with Gasteiger partial charge in [0.15, 0.2) is 0 Å². The molecule has 0 atom stereocenters. The van der Waals surface area contributed by atoms with Gasteiger partial charge in [0.05, 0.1) is 5.52 Å². The third-order valence-electron chi connectivity index (χ3n) is 2.25. The molecular formula is C12H10N2O2. The fourth-order valence-corrected chi connectivity index (χ4v) is 1.43. The van der Waals surface area contributed by atoms with E-state index in [0.717, 1.165) is 10.9 Å². The highest BCUT2D eigenvalue weighted by molar-refractivity contribution is 5.84. The lowest BCUT2D eigenvalue weighted by Crippen LogP contribution is -2.07. The second kappa shape index (κ2) is 4.02. The molecule has 2 N–H and O–H groups in total. The minimum Gasteiger partial charge on any atom is -0.508 e. The van der Waals surface area contributed by atoms with E-state index < -0.39 is 0 Å². The third-order valence-corrected chi connectivity index (χ3v) is 2.25. The summed E-state index contributed by atoms with van der Waals surface area (Å²) in [6.45, 7) is 3.71. The van der Waals surface area contributed by atoms with Gasteiger partial charge in [-0.15, -0.1) is 0 Å². The van der Waals surface area contributed by atoms with Gasteiger partial charge in [0, 0.05) is 28.9 Å². The van der Waals surface area contributed by atoms with Crippen molar-refractivity contribution in [1.82, 2.24) is 10.3 Å². The maximum absolute atomic E-state index is 10.3. The van der Waals surface area contributed by atoms with Crippen molar-refractivity contribution < 1.29 is 9.90 Å². The number of aromatic nitrogens is 1. The van der Waals surface area contributed by atoms with Gasteiger partial charge in [-0.3, -0.25) is 9.78 Å². The number of nitrogens with one attached hydrogen (secondary N) is 1. The van der Waals surface area contributed by atoms with Crippen LogP contribution in [0.3, 0.4) is 0 Å². The number of hydrogen-bond donors (Lipinski definition) is 2. The van der Waals surface area contributed by atoms with Crippen LogP contribution in [0.25, 0.3) is 16.6 Å². The number of amides is 1. The summed E-state index contributed by atoms with van der Waals surface area (Å²) in [5, 5.41) is 12.6. The van der Waals surface area contributed by atoms with Crippen LogP contribution in [0, 0.1) is 0 Å². The standard InChI is InChI=1S/C12H10N2O2/c1-8(14-7-15)10-4-9-2-3-11(16)5-12(9)13-6-10/h2-7,16H,1H2,(H,14,15). The number of phenols is 1. The number of hydrogen-bond acceptors (Lipinski definition) is 3. The first-order valence-corrected chi connectivity index (χ1v) is 4.69. The van der Waals surface area contributed by atoms with Crippen LogP contribution >= 0.6 is 0 Å². The number of carbonyl (C=O) groups excluding carboxylic acids is 1. The van der Waals surface area contributed by atoms with Crippen LogP contribution < -0.4 is 5.32 Å². The molecule has 4 nitrogen and oxygen atoms in total. The van der Waals surface area contributed by atoms with E-state index in [4.69, 9.17) is 0 Å². The van der Waals surface area contributed by atoms with Crippen LogP contribution in [0.1, 0.15) is 5.56 Å². The van der Waals surface area contributed by atoms with Gasteiger partial charge in [0.25, 0.3) is 0 Å². The van der Waals surface area contributed by atoms with E-state index in [2.05, 4.69) is 16.9 Å². The van der Waals surface area contributed by atoms with E-state index in [1.54, 1.807) is 24.4 Å². The van der Waals surface area contributed by atoms with Gasteiger partial charge in [-0.1, -0.05) is 6.58 Å². The zero-order valence-corrected chi connectivity index (χ0v) is 8.47. The van der Waals surface area contributed by atoms with Gasteiger partial charge in [0.2, 0.25) is 6.41 Å². The number of pyridine rings is 1. The Bertz CT molecular complexity index is 564. The number of rotatable bonds is 3. The smallest absolute Gasteiger partial charge is 0.211 e. The van der Waals surface area contributed by atoms with Crippen LogP contribution in [-0.4, -0.2) is 16.5 Å². The van der Waals surface area contributed by atoms with E-state index in [1.807, 2.05) is 6.07 Å². The van der Waals surface area contributed by atoms with Crippen molar-refractivity contribution in [3.8, 4) is 5.75 Å². The molecule has 2 aromatic rings. The number of carbonyl (C=O) groups is 1. The number of nitrogens with zero attached hydrogens (tertiary/aromatic N) is 1. The van der Waals surface area contributed by atoms with Crippen LogP contribution in [-0.2, 0) is 4.79 Å². The fraction of sp³-hybridized carbons (Fsp3) is 0. The van der Waals surface area contributed by atoms with E-state index in [9.17, 15) is 9.90 Å².